The molecule has 0 radical (unpaired) electrons. The van der Waals surface area contributed by atoms with Crippen molar-refractivity contribution in [1.29, 1.82) is 0 Å². The van der Waals surface area contributed by atoms with E-state index in [1.165, 1.54) is 16.7 Å². The number of para-hydroxylation sites is 1. The number of hydrogen-bond donors (Lipinski definition) is 2. The quantitative estimate of drug-likeness (QED) is 0.749. The molecule has 0 aliphatic rings. The van der Waals surface area contributed by atoms with E-state index in [1.807, 2.05) is 38.2 Å². The number of halogens is 1. The maximum absolute atomic E-state index is 5.84. The van der Waals surface area contributed by atoms with Crippen LogP contribution in [0.15, 0.2) is 42.5 Å². The van der Waals surface area contributed by atoms with Crippen LogP contribution in [-0.4, -0.2) is 13.6 Å². The molecule has 0 saturated carbocycles. The lowest BCUT2D eigenvalue weighted by Gasteiger charge is -2.11. The molecule has 2 aromatic rings. The number of rotatable bonds is 6. The lowest BCUT2D eigenvalue weighted by molar-refractivity contribution is 0.801. The highest BCUT2D eigenvalue weighted by atomic mass is 35.5. The number of aryl methyl sites for hydroxylation is 1. The van der Waals surface area contributed by atoms with E-state index in [9.17, 15) is 0 Å². The average Bonchev–Trinajstić information content (AvgIpc) is 2.58. The van der Waals surface area contributed by atoms with Crippen LogP contribution in [0.25, 0.3) is 0 Å². The zero-order valence-corrected chi connectivity index (χ0v) is 15.5. The lowest BCUT2D eigenvalue weighted by Crippen LogP contribution is -2.08. The Balaban J connectivity index is 0.000000238. The standard InChI is InChI=1S/C12H19N.C8H10ClN/c1-4-10-7-6-8-11(9-13-3)12(10)5-2;1-2-10-8-6-4-3-5-7(8)9/h6-8,13H,4-5,9H2,1-3H3;3-6,10H,2H2,1H3. The molecule has 0 unspecified atom stereocenters. The van der Waals surface area contributed by atoms with Gasteiger partial charge in [-0.1, -0.05) is 55.8 Å². The molecule has 23 heavy (non-hydrogen) atoms. The normalized spacial score (nSPS) is 9.96. The fourth-order valence-electron chi connectivity index (χ4n) is 2.62. The predicted octanol–water partition coefficient (Wildman–Crippen LogP) is 5.30. The molecule has 0 aliphatic carbocycles. The second kappa shape index (κ2) is 11.1. The first-order valence-corrected chi connectivity index (χ1v) is 8.78. The van der Waals surface area contributed by atoms with E-state index in [0.29, 0.717) is 0 Å². The van der Waals surface area contributed by atoms with Gasteiger partial charge in [-0.25, -0.2) is 0 Å². The molecule has 0 aliphatic heterocycles. The van der Waals surface area contributed by atoms with Gasteiger partial charge in [-0.05, 0) is 55.6 Å². The molecule has 126 valence electrons. The third-order valence-corrected chi connectivity index (χ3v) is 4.04. The first-order chi connectivity index (χ1) is 11.2. The molecule has 0 heterocycles. The van der Waals surface area contributed by atoms with E-state index in [4.69, 9.17) is 11.6 Å². The summed E-state index contributed by atoms with van der Waals surface area (Å²) >= 11 is 5.84. The minimum absolute atomic E-state index is 0.782. The largest absolute Gasteiger partial charge is 0.384 e. The topological polar surface area (TPSA) is 24.1 Å². The van der Waals surface area contributed by atoms with E-state index < -0.39 is 0 Å². The SMILES string of the molecule is CCNc1ccccc1Cl.CCc1cccc(CNC)c1CC. The Bertz CT molecular complexity index is 582. The molecule has 2 N–H and O–H groups in total. The van der Waals surface area contributed by atoms with Crippen LogP contribution in [0.2, 0.25) is 5.02 Å². The lowest BCUT2D eigenvalue weighted by atomic mass is 9.97. The first kappa shape index (κ1) is 19.5. The van der Waals surface area contributed by atoms with Crippen molar-refractivity contribution < 1.29 is 0 Å². The van der Waals surface area contributed by atoms with Gasteiger partial charge in [0.05, 0.1) is 10.7 Å². The van der Waals surface area contributed by atoms with E-state index in [2.05, 4.69) is 42.7 Å². The molecular formula is C20H29ClN2. The highest BCUT2D eigenvalue weighted by molar-refractivity contribution is 6.33. The monoisotopic (exact) mass is 332 g/mol. The second-order valence-corrected chi connectivity index (χ2v) is 5.71. The van der Waals surface area contributed by atoms with Crippen molar-refractivity contribution in [1.82, 2.24) is 5.32 Å². The van der Waals surface area contributed by atoms with Crippen LogP contribution in [0, 0.1) is 0 Å². The van der Waals surface area contributed by atoms with Crippen molar-refractivity contribution in [3.8, 4) is 0 Å². The van der Waals surface area contributed by atoms with Crippen LogP contribution in [0.4, 0.5) is 5.69 Å². The summed E-state index contributed by atoms with van der Waals surface area (Å²) in [5.74, 6) is 0. The Kier molecular flexibility index (Phi) is 9.42. The number of nitrogens with one attached hydrogen (secondary N) is 2. The highest BCUT2D eigenvalue weighted by Crippen LogP contribution is 2.19. The fraction of sp³-hybridized carbons (Fsp3) is 0.400. The van der Waals surface area contributed by atoms with Crippen LogP contribution in [0.5, 0.6) is 0 Å². The summed E-state index contributed by atoms with van der Waals surface area (Å²) in [7, 11) is 2.00. The van der Waals surface area contributed by atoms with Gasteiger partial charge < -0.3 is 10.6 Å². The Morgan fingerprint density at radius 2 is 1.57 bits per heavy atom. The van der Waals surface area contributed by atoms with Gasteiger partial charge in [-0.2, -0.15) is 0 Å². The van der Waals surface area contributed by atoms with Gasteiger partial charge in [0.1, 0.15) is 0 Å². The molecule has 0 aromatic heterocycles. The van der Waals surface area contributed by atoms with E-state index >= 15 is 0 Å². The summed E-state index contributed by atoms with van der Waals surface area (Å²) in [5.41, 5.74) is 5.48. The van der Waals surface area contributed by atoms with Crippen molar-refractivity contribution in [2.75, 3.05) is 18.9 Å². The summed E-state index contributed by atoms with van der Waals surface area (Å²) in [5, 5.41) is 7.14. The molecule has 0 atom stereocenters. The highest BCUT2D eigenvalue weighted by Gasteiger charge is 2.03. The number of anilines is 1. The van der Waals surface area contributed by atoms with Crippen molar-refractivity contribution in [2.24, 2.45) is 0 Å². The van der Waals surface area contributed by atoms with Gasteiger partial charge in [-0.3, -0.25) is 0 Å². The van der Waals surface area contributed by atoms with Gasteiger partial charge in [0.2, 0.25) is 0 Å². The molecule has 0 spiro atoms. The molecule has 0 bridgehead atoms. The number of benzene rings is 2. The minimum Gasteiger partial charge on any atom is -0.384 e. The summed E-state index contributed by atoms with van der Waals surface area (Å²) in [6.07, 6.45) is 2.28. The van der Waals surface area contributed by atoms with Crippen LogP contribution in [-0.2, 0) is 19.4 Å². The molecule has 2 rings (SSSR count). The Labute approximate surface area is 146 Å². The van der Waals surface area contributed by atoms with Crippen molar-refractivity contribution in [3.05, 3.63) is 64.2 Å². The Morgan fingerprint density at radius 1 is 0.870 bits per heavy atom. The second-order valence-electron chi connectivity index (χ2n) is 5.30. The van der Waals surface area contributed by atoms with Gasteiger partial charge in [0.15, 0.2) is 0 Å². The first-order valence-electron chi connectivity index (χ1n) is 8.40. The predicted molar refractivity (Wildman–Crippen MR) is 104 cm³/mol. The summed E-state index contributed by atoms with van der Waals surface area (Å²) in [4.78, 5) is 0. The van der Waals surface area contributed by atoms with Crippen LogP contribution >= 0.6 is 11.6 Å². The van der Waals surface area contributed by atoms with Crippen molar-refractivity contribution in [2.45, 2.75) is 40.2 Å². The zero-order chi connectivity index (χ0) is 17.1. The maximum Gasteiger partial charge on any atom is 0.0637 e. The zero-order valence-electron chi connectivity index (χ0n) is 14.7. The van der Waals surface area contributed by atoms with Gasteiger partial charge in [0.25, 0.3) is 0 Å². The van der Waals surface area contributed by atoms with Crippen molar-refractivity contribution in [3.63, 3.8) is 0 Å². The number of hydrogen-bond acceptors (Lipinski definition) is 2. The van der Waals surface area contributed by atoms with Gasteiger partial charge in [0, 0.05) is 13.1 Å². The van der Waals surface area contributed by atoms with E-state index in [1.54, 1.807) is 0 Å². The fourth-order valence-corrected chi connectivity index (χ4v) is 2.83. The molecule has 0 saturated heterocycles. The minimum atomic E-state index is 0.782. The van der Waals surface area contributed by atoms with Crippen LogP contribution in [0.1, 0.15) is 37.5 Å². The third-order valence-electron chi connectivity index (χ3n) is 3.71. The maximum atomic E-state index is 5.84. The van der Waals surface area contributed by atoms with Crippen molar-refractivity contribution >= 4 is 17.3 Å². The van der Waals surface area contributed by atoms with Crippen LogP contribution in [0.3, 0.4) is 0 Å². The van der Waals surface area contributed by atoms with Gasteiger partial charge in [-0.15, -0.1) is 0 Å². The molecule has 3 heteroatoms. The molecular weight excluding hydrogens is 304 g/mol. The smallest absolute Gasteiger partial charge is 0.0637 e. The Morgan fingerprint density at radius 3 is 2.13 bits per heavy atom. The molecule has 0 amide bonds. The van der Waals surface area contributed by atoms with E-state index in [0.717, 1.165) is 36.6 Å². The molecule has 2 aromatic carbocycles. The van der Waals surface area contributed by atoms with Gasteiger partial charge >= 0.3 is 0 Å². The van der Waals surface area contributed by atoms with Crippen LogP contribution < -0.4 is 10.6 Å². The summed E-state index contributed by atoms with van der Waals surface area (Å²) in [6, 6.07) is 14.3. The third kappa shape index (κ3) is 6.25. The summed E-state index contributed by atoms with van der Waals surface area (Å²) < 4.78 is 0. The average molecular weight is 333 g/mol. The molecule has 2 nitrogen and oxygen atoms in total. The Hall–Kier alpha value is -1.51. The van der Waals surface area contributed by atoms with E-state index in [-0.39, 0.29) is 0 Å². The molecule has 0 fully saturated rings. The summed E-state index contributed by atoms with van der Waals surface area (Å²) in [6.45, 7) is 8.38.